The second-order valence-electron chi connectivity index (χ2n) is 7.51. The molecule has 4 rings (SSSR count). The molecule has 0 aliphatic carbocycles. The zero-order valence-corrected chi connectivity index (χ0v) is 16.4. The largest absolute Gasteiger partial charge is 0.504 e. The number of aromatic amines is 1. The fourth-order valence-corrected chi connectivity index (χ4v) is 3.86. The van der Waals surface area contributed by atoms with Crippen LogP contribution in [0.4, 0.5) is 5.69 Å². The van der Waals surface area contributed by atoms with Crippen molar-refractivity contribution in [3.05, 3.63) is 30.3 Å². The Hall–Kier alpha value is -2.93. The third-order valence-electron chi connectivity index (χ3n) is 5.57. The number of fused-ring (bicyclic) bond motifs is 1. The zero-order valence-electron chi connectivity index (χ0n) is 16.4. The van der Waals surface area contributed by atoms with Gasteiger partial charge in [0.15, 0.2) is 11.5 Å². The fourth-order valence-electron chi connectivity index (χ4n) is 3.86. The number of phenols is 2. The summed E-state index contributed by atoms with van der Waals surface area (Å²) >= 11 is 0. The van der Waals surface area contributed by atoms with Crippen LogP contribution in [0.1, 0.15) is 12.8 Å². The number of nitrogens with zero attached hydrogens (tertiary/aromatic N) is 3. The molecule has 2 aromatic carbocycles. The number of piperidine rings is 1. The third kappa shape index (κ3) is 3.33. The summed E-state index contributed by atoms with van der Waals surface area (Å²) < 4.78 is 5.12. The predicted octanol–water partition coefficient (Wildman–Crippen LogP) is 3.18. The normalized spacial score (nSPS) is 15.5. The van der Waals surface area contributed by atoms with E-state index in [-0.39, 0.29) is 17.2 Å². The van der Waals surface area contributed by atoms with Gasteiger partial charge in [-0.2, -0.15) is 0 Å². The Balaban J connectivity index is 1.62. The molecule has 1 aliphatic heterocycles. The average Bonchev–Trinajstić information content (AvgIpc) is 3.13. The van der Waals surface area contributed by atoms with Gasteiger partial charge in [0.25, 0.3) is 0 Å². The first-order valence-corrected chi connectivity index (χ1v) is 9.47. The number of nitrogens with one attached hydrogen (secondary N) is 1. The van der Waals surface area contributed by atoms with Crippen molar-refractivity contribution in [2.45, 2.75) is 18.9 Å². The maximum absolute atomic E-state index is 9.94. The minimum atomic E-state index is -0.272. The predicted molar refractivity (Wildman–Crippen MR) is 110 cm³/mol. The van der Waals surface area contributed by atoms with Gasteiger partial charge in [0.05, 0.1) is 18.1 Å². The number of hydrogen-bond donors (Lipinski definition) is 3. The Morgan fingerprint density at radius 2 is 1.89 bits per heavy atom. The number of aromatic nitrogens is 2. The summed E-state index contributed by atoms with van der Waals surface area (Å²) in [7, 11) is 5.74. The Kier molecular flexibility index (Phi) is 4.77. The standard InChI is InChI=1S/C21H26N4O3/c1-24(2)14-6-8-25(9-7-14)15-4-5-16-17(12-15)23-21(22-16)13-10-18(26)20(27)19(11-13)28-3/h4-5,10-12,14,26-27H,6-9H2,1-3H3,(H,22,23). The summed E-state index contributed by atoms with van der Waals surface area (Å²) in [5, 5.41) is 19.8. The summed E-state index contributed by atoms with van der Waals surface area (Å²) in [5.74, 6) is 0.317. The van der Waals surface area contributed by atoms with Gasteiger partial charge in [-0.25, -0.2) is 4.98 Å². The lowest BCUT2D eigenvalue weighted by Gasteiger charge is -2.36. The van der Waals surface area contributed by atoms with Gasteiger partial charge >= 0.3 is 0 Å². The van der Waals surface area contributed by atoms with Crippen LogP contribution < -0.4 is 9.64 Å². The highest BCUT2D eigenvalue weighted by molar-refractivity contribution is 5.83. The highest BCUT2D eigenvalue weighted by atomic mass is 16.5. The lowest BCUT2D eigenvalue weighted by molar-refractivity contribution is 0.249. The Labute approximate surface area is 164 Å². The summed E-state index contributed by atoms with van der Waals surface area (Å²) in [4.78, 5) is 12.7. The summed E-state index contributed by atoms with van der Waals surface area (Å²) in [6.45, 7) is 2.08. The maximum Gasteiger partial charge on any atom is 0.200 e. The van der Waals surface area contributed by atoms with Crippen molar-refractivity contribution < 1.29 is 14.9 Å². The van der Waals surface area contributed by atoms with Gasteiger partial charge < -0.3 is 29.7 Å². The highest BCUT2D eigenvalue weighted by Gasteiger charge is 2.21. The topological polar surface area (TPSA) is 84.9 Å². The number of H-pyrrole nitrogens is 1. The molecule has 3 N–H and O–H groups in total. The van der Waals surface area contributed by atoms with Gasteiger partial charge in [-0.15, -0.1) is 0 Å². The van der Waals surface area contributed by atoms with Crippen molar-refractivity contribution >= 4 is 16.7 Å². The molecule has 7 heteroatoms. The number of phenolic OH excluding ortho intramolecular Hbond substituents is 2. The molecule has 0 saturated carbocycles. The first-order valence-electron chi connectivity index (χ1n) is 9.47. The molecule has 1 saturated heterocycles. The summed E-state index contributed by atoms with van der Waals surface area (Å²) in [6.07, 6.45) is 2.32. The van der Waals surface area contributed by atoms with E-state index in [0.29, 0.717) is 17.4 Å². The Bertz CT molecular complexity index is 991. The van der Waals surface area contributed by atoms with E-state index in [1.54, 1.807) is 6.07 Å². The SMILES string of the molecule is COc1cc(-c2nc3ccc(N4CCC(N(C)C)CC4)cc3[nH]2)cc(O)c1O. The lowest BCUT2D eigenvalue weighted by atomic mass is 10.0. The van der Waals surface area contributed by atoms with Crippen LogP contribution in [-0.4, -0.2) is 65.4 Å². The number of methoxy groups -OCH3 is 1. The van der Waals surface area contributed by atoms with E-state index in [9.17, 15) is 10.2 Å². The Morgan fingerprint density at radius 3 is 2.57 bits per heavy atom. The van der Waals surface area contributed by atoms with Crippen LogP contribution in [0.25, 0.3) is 22.4 Å². The molecule has 0 bridgehead atoms. The fraction of sp³-hybridized carbons (Fsp3) is 0.381. The van der Waals surface area contributed by atoms with Gasteiger partial charge in [-0.3, -0.25) is 0 Å². The van der Waals surface area contributed by atoms with Gasteiger partial charge in [-0.05, 0) is 57.3 Å². The first kappa shape index (κ1) is 18.4. The van der Waals surface area contributed by atoms with Crippen LogP contribution in [0.2, 0.25) is 0 Å². The van der Waals surface area contributed by atoms with Crippen LogP contribution in [0.3, 0.4) is 0 Å². The van der Waals surface area contributed by atoms with E-state index in [0.717, 1.165) is 37.0 Å². The lowest BCUT2D eigenvalue weighted by Crippen LogP contribution is -2.41. The van der Waals surface area contributed by atoms with E-state index in [4.69, 9.17) is 4.74 Å². The molecule has 28 heavy (non-hydrogen) atoms. The smallest absolute Gasteiger partial charge is 0.200 e. The number of hydrogen-bond acceptors (Lipinski definition) is 6. The molecule has 2 heterocycles. The molecule has 0 amide bonds. The molecule has 3 aromatic rings. The molecule has 0 radical (unpaired) electrons. The van der Waals surface area contributed by atoms with Crippen molar-refractivity contribution in [1.82, 2.24) is 14.9 Å². The second-order valence-corrected chi connectivity index (χ2v) is 7.51. The average molecular weight is 382 g/mol. The molecule has 1 fully saturated rings. The minimum Gasteiger partial charge on any atom is -0.504 e. The van der Waals surface area contributed by atoms with Crippen LogP contribution >= 0.6 is 0 Å². The van der Waals surface area contributed by atoms with Crippen molar-refractivity contribution in [1.29, 1.82) is 0 Å². The molecule has 1 aromatic heterocycles. The minimum absolute atomic E-state index is 0.208. The van der Waals surface area contributed by atoms with E-state index in [2.05, 4.69) is 46.0 Å². The molecule has 0 unspecified atom stereocenters. The van der Waals surface area contributed by atoms with Crippen LogP contribution in [0.5, 0.6) is 17.2 Å². The monoisotopic (exact) mass is 382 g/mol. The van der Waals surface area contributed by atoms with Gasteiger partial charge in [0.1, 0.15) is 5.82 Å². The Morgan fingerprint density at radius 1 is 1.14 bits per heavy atom. The number of aromatic hydroxyl groups is 2. The van der Waals surface area contributed by atoms with Crippen LogP contribution in [-0.2, 0) is 0 Å². The number of imidazole rings is 1. The molecule has 0 atom stereocenters. The van der Waals surface area contributed by atoms with Gasteiger partial charge in [0, 0.05) is 30.4 Å². The molecule has 1 aliphatic rings. The number of benzene rings is 2. The number of ether oxygens (including phenoxy) is 1. The first-order chi connectivity index (χ1) is 13.5. The summed E-state index contributed by atoms with van der Waals surface area (Å²) in [6, 6.07) is 10.0. The molecular weight excluding hydrogens is 356 g/mol. The van der Waals surface area contributed by atoms with E-state index in [1.807, 2.05) is 6.07 Å². The van der Waals surface area contributed by atoms with Crippen LogP contribution in [0, 0.1) is 0 Å². The van der Waals surface area contributed by atoms with Crippen LogP contribution in [0.15, 0.2) is 30.3 Å². The van der Waals surface area contributed by atoms with Crippen molar-refractivity contribution in [2.24, 2.45) is 0 Å². The van der Waals surface area contributed by atoms with E-state index < -0.39 is 0 Å². The van der Waals surface area contributed by atoms with Crippen molar-refractivity contribution in [3.8, 4) is 28.6 Å². The van der Waals surface area contributed by atoms with Gasteiger partial charge in [-0.1, -0.05) is 0 Å². The van der Waals surface area contributed by atoms with E-state index >= 15 is 0 Å². The van der Waals surface area contributed by atoms with Gasteiger partial charge in [0.2, 0.25) is 5.75 Å². The molecule has 148 valence electrons. The number of anilines is 1. The third-order valence-corrected chi connectivity index (χ3v) is 5.57. The van der Waals surface area contributed by atoms with Crippen molar-refractivity contribution in [2.75, 3.05) is 39.2 Å². The maximum atomic E-state index is 9.94. The second kappa shape index (κ2) is 7.24. The zero-order chi connectivity index (χ0) is 19.8. The summed E-state index contributed by atoms with van der Waals surface area (Å²) in [5.41, 5.74) is 3.63. The highest BCUT2D eigenvalue weighted by Crippen LogP contribution is 2.39. The quantitative estimate of drug-likeness (QED) is 0.601. The van der Waals surface area contributed by atoms with Crippen molar-refractivity contribution in [3.63, 3.8) is 0 Å². The molecule has 7 nitrogen and oxygen atoms in total. The molecular formula is C21H26N4O3. The van der Waals surface area contributed by atoms with E-state index in [1.165, 1.54) is 18.9 Å². The number of rotatable bonds is 4. The molecule has 0 spiro atoms.